The van der Waals surface area contributed by atoms with Crippen LogP contribution >= 0.6 is 22.9 Å². The van der Waals surface area contributed by atoms with Crippen molar-refractivity contribution in [1.82, 2.24) is 4.90 Å². The summed E-state index contributed by atoms with van der Waals surface area (Å²) >= 11 is 7.24. The molecule has 1 aliphatic heterocycles. The molecule has 138 valence electrons. The van der Waals surface area contributed by atoms with Gasteiger partial charge in [0, 0.05) is 36.9 Å². The van der Waals surface area contributed by atoms with Crippen molar-refractivity contribution >= 4 is 45.5 Å². The van der Waals surface area contributed by atoms with Crippen molar-refractivity contribution in [1.29, 1.82) is 0 Å². The number of hydrogen-bond donors (Lipinski definition) is 1. The first kappa shape index (κ1) is 18.7. The highest BCUT2D eigenvalue weighted by atomic mass is 35.5. The van der Waals surface area contributed by atoms with E-state index in [1.54, 1.807) is 11.4 Å². The third-order valence-corrected chi connectivity index (χ3v) is 5.34. The number of hydrogen-bond acceptors (Lipinski definition) is 6. The summed E-state index contributed by atoms with van der Waals surface area (Å²) in [5, 5.41) is 5.82. The van der Waals surface area contributed by atoms with Gasteiger partial charge in [-0.25, -0.2) is 4.79 Å². The van der Waals surface area contributed by atoms with Gasteiger partial charge in [0.05, 0.1) is 19.2 Å². The van der Waals surface area contributed by atoms with Gasteiger partial charge >= 0.3 is 5.97 Å². The molecule has 6 nitrogen and oxygen atoms in total. The van der Waals surface area contributed by atoms with E-state index in [1.807, 2.05) is 24.3 Å². The first-order chi connectivity index (χ1) is 12.6. The third kappa shape index (κ3) is 4.55. The fraction of sp³-hybridized carbons (Fsp3) is 0.333. The van der Waals surface area contributed by atoms with Crippen LogP contribution in [0.5, 0.6) is 0 Å². The summed E-state index contributed by atoms with van der Waals surface area (Å²) in [5.41, 5.74) is 1.53. The van der Waals surface area contributed by atoms with Crippen molar-refractivity contribution in [3.05, 3.63) is 46.3 Å². The second-order valence-electron chi connectivity index (χ2n) is 5.94. The molecule has 0 radical (unpaired) electrons. The summed E-state index contributed by atoms with van der Waals surface area (Å²) < 4.78 is 4.72. The maximum Gasteiger partial charge on any atom is 0.340 e. The fourth-order valence-electron chi connectivity index (χ4n) is 2.86. The van der Waals surface area contributed by atoms with Gasteiger partial charge in [0.25, 0.3) is 0 Å². The molecule has 0 bridgehead atoms. The maximum absolute atomic E-state index is 12.3. The van der Waals surface area contributed by atoms with E-state index in [0.29, 0.717) is 17.1 Å². The smallest absolute Gasteiger partial charge is 0.340 e. The van der Waals surface area contributed by atoms with Crippen molar-refractivity contribution < 1.29 is 14.3 Å². The van der Waals surface area contributed by atoms with Crippen LogP contribution in [0.4, 0.5) is 10.7 Å². The number of piperazine rings is 1. The molecule has 2 heterocycles. The van der Waals surface area contributed by atoms with E-state index in [1.165, 1.54) is 18.4 Å². The number of rotatable bonds is 5. The molecule has 0 aliphatic carbocycles. The number of anilines is 2. The summed E-state index contributed by atoms with van der Waals surface area (Å²) in [7, 11) is 1.33. The molecular formula is C18H20ClN3O3S. The van der Waals surface area contributed by atoms with Crippen LogP contribution in [-0.4, -0.2) is 56.6 Å². The van der Waals surface area contributed by atoms with E-state index < -0.39 is 5.97 Å². The zero-order valence-corrected chi connectivity index (χ0v) is 16.0. The highest BCUT2D eigenvalue weighted by molar-refractivity contribution is 7.14. The quantitative estimate of drug-likeness (QED) is 0.791. The van der Waals surface area contributed by atoms with Crippen molar-refractivity contribution in [3.8, 4) is 0 Å². The van der Waals surface area contributed by atoms with Crippen LogP contribution in [0.25, 0.3) is 0 Å². The van der Waals surface area contributed by atoms with Crippen molar-refractivity contribution in [2.45, 2.75) is 0 Å². The van der Waals surface area contributed by atoms with Crippen molar-refractivity contribution in [2.24, 2.45) is 0 Å². The van der Waals surface area contributed by atoms with Gasteiger partial charge in [0.15, 0.2) is 0 Å². The lowest BCUT2D eigenvalue weighted by Crippen LogP contribution is -2.48. The summed E-state index contributed by atoms with van der Waals surface area (Å²) in [6.07, 6.45) is 0. The number of amides is 1. The SMILES string of the molecule is COC(=O)c1ccsc1NC(=O)CN1CCN(c2ccc(Cl)cc2)CC1. The Morgan fingerprint density at radius 1 is 1.15 bits per heavy atom. The number of halogens is 1. The summed E-state index contributed by atoms with van der Waals surface area (Å²) in [6, 6.07) is 9.44. The minimum absolute atomic E-state index is 0.127. The normalized spacial score (nSPS) is 14.9. The predicted octanol–water partition coefficient (Wildman–Crippen LogP) is 2.95. The molecule has 3 rings (SSSR count). The molecule has 1 fully saturated rings. The molecule has 8 heteroatoms. The molecule has 1 amide bonds. The number of ether oxygens (including phenoxy) is 1. The minimum Gasteiger partial charge on any atom is -0.465 e. The average molecular weight is 394 g/mol. The lowest BCUT2D eigenvalue weighted by Gasteiger charge is -2.35. The maximum atomic E-state index is 12.3. The number of thiophene rings is 1. The Balaban J connectivity index is 1.50. The molecule has 2 aromatic rings. The number of carbonyl (C=O) groups excluding carboxylic acids is 2. The zero-order chi connectivity index (χ0) is 18.5. The lowest BCUT2D eigenvalue weighted by molar-refractivity contribution is -0.117. The Morgan fingerprint density at radius 2 is 1.85 bits per heavy atom. The molecule has 1 N–H and O–H groups in total. The van der Waals surface area contributed by atoms with E-state index >= 15 is 0 Å². The fourth-order valence-corrected chi connectivity index (χ4v) is 3.78. The van der Waals surface area contributed by atoms with Gasteiger partial charge in [-0.1, -0.05) is 11.6 Å². The van der Waals surface area contributed by atoms with Crippen molar-refractivity contribution in [3.63, 3.8) is 0 Å². The topological polar surface area (TPSA) is 61.9 Å². The van der Waals surface area contributed by atoms with Crippen LogP contribution in [0.1, 0.15) is 10.4 Å². The molecule has 1 aliphatic rings. The van der Waals surface area contributed by atoms with Gasteiger partial charge in [-0.3, -0.25) is 9.69 Å². The van der Waals surface area contributed by atoms with Crippen LogP contribution in [0.3, 0.4) is 0 Å². The first-order valence-corrected chi connectivity index (χ1v) is 9.51. The summed E-state index contributed by atoms with van der Waals surface area (Å²) in [5.74, 6) is -0.573. The number of nitrogens with one attached hydrogen (secondary N) is 1. The van der Waals surface area contributed by atoms with Crippen LogP contribution in [-0.2, 0) is 9.53 Å². The number of carbonyl (C=O) groups is 2. The largest absolute Gasteiger partial charge is 0.465 e. The third-order valence-electron chi connectivity index (χ3n) is 4.25. The Morgan fingerprint density at radius 3 is 2.50 bits per heavy atom. The number of esters is 1. The second-order valence-corrected chi connectivity index (χ2v) is 7.30. The van der Waals surface area contributed by atoms with Gasteiger partial charge in [-0.2, -0.15) is 0 Å². The Kier molecular flexibility index (Phi) is 6.13. The van der Waals surface area contributed by atoms with Gasteiger partial charge in [-0.05, 0) is 35.7 Å². The van der Waals surface area contributed by atoms with Crippen LogP contribution in [0.15, 0.2) is 35.7 Å². The Bertz CT molecular complexity index is 770. The Labute approximate surface area is 161 Å². The van der Waals surface area contributed by atoms with E-state index in [4.69, 9.17) is 16.3 Å². The molecule has 0 unspecified atom stereocenters. The van der Waals surface area contributed by atoms with E-state index in [0.717, 1.165) is 36.9 Å². The summed E-state index contributed by atoms with van der Waals surface area (Å²) in [4.78, 5) is 28.4. The number of methoxy groups -OCH3 is 1. The molecular weight excluding hydrogens is 374 g/mol. The first-order valence-electron chi connectivity index (χ1n) is 8.25. The number of benzene rings is 1. The lowest BCUT2D eigenvalue weighted by atomic mass is 10.2. The van der Waals surface area contributed by atoms with Crippen LogP contribution in [0.2, 0.25) is 5.02 Å². The number of nitrogens with zero attached hydrogens (tertiary/aromatic N) is 2. The molecule has 0 saturated carbocycles. The minimum atomic E-state index is -0.446. The molecule has 0 atom stereocenters. The zero-order valence-electron chi connectivity index (χ0n) is 14.4. The molecule has 1 aromatic heterocycles. The van der Waals surface area contributed by atoms with E-state index in [-0.39, 0.29) is 5.91 Å². The second kappa shape index (κ2) is 8.53. The predicted molar refractivity (Wildman–Crippen MR) is 104 cm³/mol. The molecule has 1 saturated heterocycles. The van der Waals surface area contributed by atoms with E-state index in [9.17, 15) is 9.59 Å². The highest BCUT2D eigenvalue weighted by Crippen LogP contribution is 2.24. The monoisotopic (exact) mass is 393 g/mol. The van der Waals surface area contributed by atoms with Gasteiger partial charge < -0.3 is 15.0 Å². The summed E-state index contributed by atoms with van der Waals surface area (Å²) in [6.45, 7) is 3.59. The van der Waals surface area contributed by atoms with E-state index in [2.05, 4.69) is 15.1 Å². The molecule has 1 aromatic carbocycles. The van der Waals surface area contributed by atoms with Crippen LogP contribution < -0.4 is 10.2 Å². The average Bonchev–Trinajstić information content (AvgIpc) is 3.10. The molecule has 0 spiro atoms. The van der Waals surface area contributed by atoms with Crippen LogP contribution in [0, 0.1) is 0 Å². The van der Waals surface area contributed by atoms with Gasteiger partial charge in [0.1, 0.15) is 5.00 Å². The van der Waals surface area contributed by atoms with Gasteiger partial charge in [-0.15, -0.1) is 11.3 Å². The molecule has 26 heavy (non-hydrogen) atoms. The Hall–Kier alpha value is -2.09. The van der Waals surface area contributed by atoms with Gasteiger partial charge in [0.2, 0.25) is 5.91 Å². The van der Waals surface area contributed by atoms with Crippen molar-refractivity contribution in [2.75, 3.05) is 50.1 Å². The highest BCUT2D eigenvalue weighted by Gasteiger charge is 2.21. The standard InChI is InChI=1S/C18H20ClN3O3S/c1-25-18(24)15-6-11-26-17(15)20-16(23)12-21-7-9-22(10-8-21)14-4-2-13(19)3-5-14/h2-6,11H,7-10,12H2,1H3,(H,20,23).